The molecule has 1 atom stereocenters. The van der Waals surface area contributed by atoms with Crippen molar-refractivity contribution < 1.29 is 4.74 Å². The number of nitrogens with zero attached hydrogens (tertiary/aromatic N) is 1. The van der Waals surface area contributed by atoms with Crippen LogP contribution in [0.5, 0.6) is 5.75 Å². The highest BCUT2D eigenvalue weighted by atomic mass is 16.5. The lowest BCUT2D eigenvalue weighted by atomic mass is 10.1. The highest BCUT2D eigenvalue weighted by Gasteiger charge is 2.09. The number of nitrogens with two attached hydrogens (primary N) is 1. The molecule has 0 saturated carbocycles. The molecule has 0 aliphatic rings. The summed E-state index contributed by atoms with van der Waals surface area (Å²) in [6.07, 6.45) is 0.345. The fourth-order valence-electron chi connectivity index (χ4n) is 1.44. The van der Waals surface area contributed by atoms with Gasteiger partial charge in [0.05, 0.1) is 0 Å². The minimum atomic E-state index is -0.428. The summed E-state index contributed by atoms with van der Waals surface area (Å²) in [4.78, 5) is 0. The van der Waals surface area contributed by atoms with Crippen LogP contribution < -0.4 is 10.5 Å². The van der Waals surface area contributed by atoms with E-state index in [-0.39, 0.29) is 0 Å². The van der Waals surface area contributed by atoms with E-state index in [2.05, 4.69) is 6.07 Å². The van der Waals surface area contributed by atoms with Gasteiger partial charge in [-0.25, -0.2) is 0 Å². The lowest BCUT2D eigenvalue weighted by Gasteiger charge is -2.14. The van der Waals surface area contributed by atoms with Crippen molar-refractivity contribution in [1.29, 1.82) is 5.26 Å². The van der Waals surface area contributed by atoms with Crippen molar-refractivity contribution in [3.63, 3.8) is 0 Å². The predicted octanol–water partition coefficient (Wildman–Crippen LogP) is 1.79. The van der Waals surface area contributed by atoms with E-state index in [0.29, 0.717) is 6.54 Å². The topological polar surface area (TPSA) is 59.0 Å². The first-order valence-electron chi connectivity index (χ1n) is 5.04. The van der Waals surface area contributed by atoms with E-state index in [9.17, 15) is 0 Å². The third-order valence-corrected chi connectivity index (χ3v) is 2.18. The number of benzene rings is 1. The molecule has 3 heteroatoms. The zero-order valence-corrected chi connectivity index (χ0v) is 9.16. The minimum Gasteiger partial charge on any atom is -0.475 e. The molecule has 1 aromatic carbocycles. The molecule has 0 aromatic heterocycles. The van der Waals surface area contributed by atoms with Crippen molar-refractivity contribution in [2.24, 2.45) is 5.73 Å². The second-order valence-electron chi connectivity index (χ2n) is 3.49. The summed E-state index contributed by atoms with van der Waals surface area (Å²) >= 11 is 0. The first kappa shape index (κ1) is 11.5. The number of rotatable bonds is 4. The molecule has 0 amide bonds. The molecule has 1 aromatic rings. The van der Waals surface area contributed by atoms with Crippen LogP contribution in [0.4, 0.5) is 0 Å². The predicted molar refractivity (Wildman–Crippen MR) is 59.6 cm³/mol. The van der Waals surface area contributed by atoms with Crippen molar-refractivity contribution in [1.82, 2.24) is 0 Å². The molecule has 15 heavy (non-hydrogen) atoms. The largest absolute Gasteiger partial charge is 0.475 e. The number of hydrogen-bond acceptors (Lipinski definition) is 3. The van der Waals surface area contributed by atoms with Crippen LogP contribution in [0, 0.1) is 18.3 Å². The van der Waals surface area contributed by atoms with Gasteiger partial charge in [-0.15, -0.1) is 0 Å². The Morgan fingerprint density at radius 2 is 2.27 bits per heavy atom. The molecule has 0 radical (unpaired) electrons. The second-order valence-corrected chi connectivity index (χ2v) is 3.49. The molecule has 1 rings (SSSR count). The van der Waals surface area contributed by atoms with Gasteiger partial charge >= 0.3 is 0 Å². The van der Waals surface area contributed by atoms with E-state index in [1.165, 1.54) is 0 Å². The second kappa shape index (κ2) is 5.38. The number of aryl methyl sites for hydroxylation is 1. The smallest absolute Gasteiger partial charge is 0.181 e. The summed E-state index contributed by atoms with van der Waals surface area (Å²) in [5.74, 6) is 0.803. The number of hydrogen-bond donors (Lipinski definition) is 1. The van der Waals surface area contributed by atoms with Gasteiger partial charge in [0.1, 0.15) is 11.8 Å². The number of nitriles is 1. The third-order valence-electron chi connectivity index (χ3n) is 2.18. The average Bonchev–Trinajstić information content (AvgIpc) is 2.23. The minimum absolute atomic E-state index is 0.428. The van der Waals surface area contributed by atoms with E-state index in [1.807, 2.05) is 25.1 Å². The molecule has 0 saturated heterocycles. The first-order valence-corrected chi connectivity index (χ1v) is 5.04. The van der Waals surface area contributed by atoms with Crippen LogP contribution in [0.1, 0.15) is 18.1 Å². The standard InChI is InChI=1S/C12H16N2O/c1-9-4-3-5-11(6-7-13)12(9)15-10(2)8-14/h3-5,10H,6-7,13H2,1-2H3. The van der Waals surface area contributed by atoms with Gasteiger partial charge in [-0.1, -0.05) is 18.2 Å². The van der Waals surface area contributed by atoms with Crippen molar-refractivity contribution in [2.75, 3.05) is 6.54 Å². The summed E-state index contributed by atoms with van der Waals surface area (Å²) in [5.41, 5.74) is 7.64. The molecule has 0 aliphatic heterocycles. The molecule has 3 nitrogen and oxygen atoms in total. The fourth-order valence-corrected chi connectivity index (χ4v) is 1.44. The van der Waals surface area contributed by atoms with E-state index >= 15 is 0 Å². The third kappa shape index (κ3) is 2.97. The average molecular weight is 204 g/mol. The van der Waals surface area contributed by atoms with Crippen molar-refractivity contribution in [3.8, 4) is 11.8 Å². The quantitative estimate of drug-likeness (QED) is 0.813. The Bertz CT molecular complexity index is 368. The van der Waals surface area contributed by atoms with Crippen LogP contribution in [0.25, 0.3) is 0 Å². The molecule has 0 spiro atoms. The molecular formula is C12H16N2O. The maximum atomic E-state index is 8.71. The van der Waals surface area contributed by atoms with Gasteiger partial charge in [0.2, 0.25) is 0 Å². The fraction of sp³-hybridized carbons (Fsp3) is 0.417. The lowest BCUT2D eigenvalue weighted by Crippen LogP contribution is -2.12. The van der Waals surface area contributed by atoms with Crippen LogP contribution in [0.15, 0.2) is 18.2 Å². The van der Waals surface area contributed by atoms with Gasteiger partial charge in [0, 0.05) is 0 Å². The Labute approximate surface area is 90.5 Å². The van der Waals surface area contributed by atoms with E-state index in [0.717, 1.165) is 23.3 Å². The SMILES string of the molecule is Cc1cccc(CCN)c1OC(C)C#N. The van der Waals surface area contributed by atoms with Crippen molar-refractivity contribution in [2.45, 2.75) is 26.4 Å². The molecule has 80 valence electrons. The van der Waals surface area contributed by atoms with Crippen LogP contribution >= 0.6 is 0 Å². The maximum Gasteiger partial charge on any atom is 0.181 e. The Morgan fingerprint density at radius 1 is 1.53 bits per heavy atom. The Hall–Kier alpha value is -1.53. The summed E-state index contributed by atoms with van der Waals surface area (Å²) in [6.45, 7) is 4.29. The zero-order chi connectivity index (χ0) is 11.3. The van der Waals surface area contributed by atoms with Crippen molar-refractivity contribution >= 4 is 0 Å². The first-order chi connectivity index (χ1) is 7.19. The van der Waals surface area contributed by atoms with Crippen molar-refractivity contribution in [3.05, 3.63) is 29.3 Å². The summed E-state index contributed by atoms with van der Waals surface area (Å²) in [5, 5.41) is 8.71. The van der Waals surface area contributed by atoms with Crippen LogP contribution in [0.3, 0.4) is 0 Å². The highest BCUT2D eigenvalue weighted by molar-refractivity contribution is 5.41. The van der Waals surface area contributed by atoms with Gasteiger partial charge in [-0.3, -0.25) is 0 Å². The zero-order valence-electron chi connectivity index (χ0n) is 9.16. The molecule has 2 N–H and O–H groups in total. The van der Waals surface area contributed by atoms with Crippen LogP contribution in [-0.2, 0) is 6.42 Å². The Morgan fingerprint density at radius 3 is 2.87 bits per heavy atom. The molecular weight excluding hydrogens is 188 g/mol. The normalized spacial score (nSPS) is 11.9. The Balaban J connectivity index is 2.97. The van der Waals surface area contributed by atoms with Crippen LogP contribution in [0.2, 0.25) is 0 Å². The summed E-state index contributed by atoms with van der Waals surface area (Å²) in [6, 6.07) is 7.99. The van der Waals surface area contributed by atoms with Gasteiger partial charge in [-0.2, -0.15) is 5.26 Å². The lowest BCUT2D eigenvalue weighted by molar-refractivity contribution is 0.272. The molecule has 0 aliphatic carbocycles. The maximum absolute atomic E-state index is 8.71. The van der Waals surface area contributed by atoms with Gasteiger partial charge in [-0.05, 0) is 37.9 Å². The van der Waals surface area contributed by atoms with Gasteiger partial charge < -0.3 is 10.5 Å². The van der Waals surface area contributed by atoms with E-state index in [4.69, 9.17) is 15.7 Å². The van der Waals surface area contributed by atoms with Crippen LogP contribution in [-0.4, -0.2) is 12.6 Å². The molecule has 0 heterocycles. The van der Waals surface area contributed by atoms with Gasteiger partial charge in [0.15, 0.2) is 6.10 Å². The molecule has 0 fully saturated rings. The molecule has 1 unspecified atom stereocenters. The summed E-state index contributed by atoms with van der Waals surface area (Å²) < 4.78 is 5.56. The number of para-hydroxylation sites is 1. The number of ether oxygens (including phenoxy) is 1. The summed E-state index contributed by atoms with van der Waals surface area (Å²) in [7, 11) is 0. The monoisotopic (exact) mass is 204 g/mol. The van der Waals surface area contributed by atoms with E-state index < -0.39 is 6.10 Å². The Kier molecular flexibility index (Phi) is 4.14. The molecule has 0 bridgehead atoms. The van der Waals surface area contributed by atoms with E-state index in [1.54, 1.807) is 6.92 Å². The van der Waals surface area contributed by atoms with Gasteiger partial charge in [0.25, 0.3) is 0 Å². The highest BCUT2D eigenvalue weighted by Crippen LogP contribution is 2.24.